The van der Waals surface area contributed by atoms with E-state index in [0.717, 1.165) is 56.4 Å². The Bertz CT molecular complexity index is 695. The van der Waals surface area contributed by atoms with Crippen LogP contribution in [0.2, 0.25) is 0 Å². The van der Waals surface area contributed by atoms with Crippen LogP contribution in [0.3, 0.4) is 0 Å². The van der Waals surface area contributed by atoms with Crippen molar-refractivity contribution in [3.8, 4) is 0 Å². The van der Waals surface area contributed by atoms with Gasteiger partial charge in [-0.25, -0.2) is 4.98 Å². The van der Waals surface area contributed by atoms with Gasteiger partial charge in [-0.1, -0.05) is 18.2 Å². The van der Waals surface area contributed by atoms with Gasteiger partial charge in [0.05, 0.1) is 6.54 Å². The van der Waals surface area contributed by atoms with E-state index in [4.69, 9.17) is 0 Å². The van der Waals surface area contributed by atoms with E-state index in [0.29, 0.717) is 6.54 Å². The van der Waals surface area contributed by atoms with Crippen LogP contribution in [0, 0.1) is 0 Å². The first-order valence-electron chi connectivity index (χ1n) is 8.56. The van der Waals surface area contributed by atoms with Crippen molar-refractivity contribution in [2.45, 2.75) is 12.8 Å². The summed E-state index contributed by atoms with van der Waals surface area (Å²) in [6.07, 6.45) is 3.98. The third-order valence-corrected chi connectivity index (χ3v) is 5.66. The number of benzene rings is 1. The Morgan fingerprint density at radius 2 is 1.96 bits per heavy atom. The Morgan fingerprint density at radius 3 is 2.75 bits per heavy atom. The van der Waals surface area contributed by atoms with Crippen LogP contribution in [0.15, 0.2) is 35.8 Å². The molecule has 0 unspecified atom stereocenters. The quantitative estimate of drug-likeness (QED) is 0.858. The highest BCUT2D eigenvalue weighted by Crippen LogP contribution is 2.27. The molecular formula is C18H22N4OS. The molecule has 126 valence electrons. The van der Waals surface area contributed by atoms with Crippen LogP contribution >= 0.6 is 11.3 Å². The highest BCUT2D eigenvalue weighted by molar-refractivity contribution is 7.13. The highest BCUT2D eigenvalue weighted by atomic mass is 32.1. The summed E-state index contributed by atoms with van der Waals surface area (Å²) in [7, 11) is 0. The van der Waals surface area contributed by atoms with E-state index in [1.54, 1.807) is 11.3 Å². The van der Waals surface area contributed by atoms with Gasteiger partial charge in [0.15, 0.2) is 5.13 Å². The molecule has 1 aromatic heterocycles. The van der Waals surface area contributed by atoms with E-state index in [1.807, 2.05) is 22.5 Å². The monoisotopic (exact) mass is 342 g/mol. The molecule has 1 saturated heterocycles. The van der Waals surface area contributed by atoms with Crippen molar-refractivity contribution in [1.82, 2.24) is 9.88 Å². The molecule has 2 aliphatic rings. The van der Waals surface area contributed by atoms with Gasteiger partial charge < -0.3 is 9.80 Å². The fourth-order valence-electron chi connectivity index (χ4n) is 3.54. The predicted molar refractivity (Wildman–Crippen MR) is 97.9 cm³/mol. The number of amides is 1. The first kappa shape index (κ1) is 15.6. The number of hydrogen-bond acceptors (Lipinski definition) is 5. The molecule has 0 spiro atoms. The fourth-order valence-corrected chi connectivity index (χ4v) is 4.24. The van der Waals surface area contributed by atoms with Crippen molar-refractivity contribution in [1.29, 1.82) is 0 Å². The van der Waals surface area contributed by atoms with Crippen molar-refractivity contribution in [3.63, 3.8) is 0 Å². The molecule has 5 nitrogen and oxygen atoms in total. The summed E-state index contributed by atoms with van der Waals surface area (Å²) < 4.78 is 0. The van der Waals surface area contributed by atoms with Gasteiger partial charge in [0.2, 0.25) is 5.91 Å². The minimum absolute atomic E-state index is 0.227. The molecule has 0 radical (unpaired) electrons. The summed E-state index contributed by atoms with van der Waals surface area (Å²) in [5.41, 5.74) is 2.40. The zero-order valence-electron chi connectivity index (χ0n) is 13.7. The number of piperazine rings is 1. The first-order chi connectivity index (χ1) is 11.8. The predicted octanol–water partition coefficient (Wildman–Crippen LogP) is 2.24. The Kier molecular flexibility index (Phi) is 4.49. The molecule has 2 aliphatic heterocycles. The van der Waals surface area contributed by atoms with Crippen molar-refractivity contribution < 1.29 is 4.79 Å². The van der Waals surface area contributed by atoms with Crippen molar-refractivity contribution >= 4 is 28.1 Å². The molecule has 24 heavy (non-hydrogen) atoms. The molecule has 1 aromatic carbocycles. The Hall–Kier alpha value is -1.92. The van der Waals surface area contributed by atoms with Gasteiger partial charge in [0, 0.05) is 50.0 Å². The molecule has 2 aromatic rings. The van der Waals surface area contributed by atoms with Crippen LogP contribution in [0.5, 0.6) is 0 Å². The van der Waals surface area contributed by atoms with Crippen LogP contribution < -0.4 is 9.80 Å². The highest BCUT2D eigenvalue weighted by Gasteiger charge is 2.26. The lowest BCUT2D eigenvalue weighted by Crippen LogP contribution is -2.50. The molecule has 0 atom stereocenters. The second-order valence-electron chi connectivity index (χ2n) is 6.36. The van der Waals surface area contributed by atoms with Crippen LogP contribution in [0.1, 0.15) is 12.0 Å². The lowest BCUT2D eigenvalue weighted by atomic mass is 10.0. The van der Waals surface area contributed by atoms with Gasteiger partial charge in [0.1, 0.15) is 0 Å². The normalized spacial score (nSPS) is 18.5. The Balaban J connectivity index is 1.36. The summed E-state index contributed by atoms with van der Waals surface area (Å²) in [5.74, 6) is 0.227. The number of carbonyl (C=O) groups excluding carboxylic acids is 1. The molecule has 0 N–H and O–H groups in total. The van der Waals surface area contributed by atoms with E-state index in [2.05, 4.69) is 33.0 Å². The molecule has 3 heterocycles. The molecule has 1 amide bonds. The van der Waals surface area contributed by atoms with Crippen molar-refractivity contribution in [2.24, 2.45) is 0 Å². The molecule has 0 bridgehead atoms. The number of thiazole rings is 1. The Morgan fingerprint density at radius 1 is 1.12 bits per heavy atom. The second-order valence-corrected chi connectivity index (χ2v) is 7.23. The van der Waals surface area contributed by atoms with Crippen molar-refractivity contribution in [3.05, 3.63) is 41.4 Å². The van der Waals surface area contributed by atoms with E-state index >= 15 is 0 Å². The SMILES string of the molecule is O=C(CN1CCN(c2nccs2)CC1)N1CCCc2ccccc21. The maximum absolute atomic E-state index is 12.8. The third-order valence-electron chi connectivity index (χ3n) is 4.83. The number of rotatable bonds is 3. The van der Waals surface area contributed by atoms with Gasteiger partial charge >= 0.3 is 0 Å². The average Bonchev–Trinajstić information content (AvgIpc) is 3.16. The van der Waals surface area contributed by atoms with Gasteiger partial charge in [-0.05, 0) is 24.5 Å². The zero-order valence-corrected chi connectivity index (χ0v) is 14.5. The van der Waals surface area contributed by atoms with Crippen LogP contribution in [-0.2, 0) is 11.2 Å². The topological polar surface area (TPSA) is 39.7 Å². The van der Waals surface area contributed by atoms with Gasteiger partial charge in [0.25, 0.3) is 0 Å². The van der Waals surface area contributed by atoms with E-state index in [-0.39, 0.29) is 5.91 Å². The van der Waals surface area contributed by atoms with Gasteiger partial charge in [-0.15, -0.1) is 11.3 Å². The zero-order chi connectivity index (χ0) is 16.4. The Labute approximate surface area is 146 Å². The maximum atomic E-state index is 12.8. The van der Waals surface area contributed by atoms with E-state index in [9.17, 15) is 4.79 Å². The molecule has 6 heteroatoms. The molecule has 0 aliphatic carbocycles. The lowest BCUT2D eigenvalue weighted by Gasteiger charge is -2.36. The number of para-hydroxylation sites is 1. The van der Waals surface area contributed by atoms with E-state index < -0.39 is 0 Å². The van der Waals surface area contributed by atoms with Gasteiger partial charge in [-0.3, -0.25) is 9.69 Å². The smallest absolute Gasteiger partial charge is 0.241 e. The minimum atomic E-state index is 0.227. The molecular weight excluding hydrogens is 320 g/mol. The van der Waals surface area contributed by atoms with Crippen LogP contribution in [0.4, 0.5) is 10.8 Å². The number of hydrogen-bond donors (Lipinski definition) is 0. The summed E-state index contributed by atoms with van der Waals surface area (Å²) in [5, 5.41) is 3.10. The largest absolute Gasteiger partial charge is 0.346 e. The van der Waals surface area contributed by atoms with Crippen LogP contribution in [-0.4, -0.2) is 55.1 Å². The summed E-state index contributed by atoms with van der Waals surface area (Å²) in [4.78, 5) is 23.7. The van der Waals surface area contributed by atoms with E-state index in [1.165, 1.54) is 5.56 Å². The number of carbonyl (C=O) groups is 1. The summed E-state index contributed by atoms with van der Waals surface area (Å²) in [6.45, 7) is 5.07. The summed E-state index contributed by atoms with van der Waals surface area (Å²) in [6, 6.07) is 8.30. The van der Waals surface area contributed by atoms with Crippen LogP contribution in [0.25, 0.3) is 0 Å². The standard InChI is InChI=1S/C18H22N4OS/c23-17(22-8-3-5-15-4-1-2-6-16(15)22)14-20-9-11-21(12-10-20)18-19-7-13-24-18/h1-2,4,6-7,13H,3,5,8-12,14H2. The average molecular weight is 342 g/mol. The number of aryl methyl sites for hydroxylation is 1. The number of aromatic nitrogens is 1. The third kappa shape index (κ3) is 3.16. The number of anilines is 2. The number of fused-ring (bicyclic) bond motifs is 1. The minimum Gasteiger partial charge on any atom is -0.346 e. The maximum Gasteiger partial charge on any atom is 0.241 e. The summed E-state index contributed by atoms with van der Waals surface area (Å²) >= 11 is 1.68. The second kappa shape index (κ2) is 6.91. The fraction of sp³-hybridized carbons (Fsp3) is 0.444. The molecule has 0 saturated carbocycles. The molecule has 4 rings (SSSR count). The van der Waals surface area contributed by atoms with Gasteiger partial charge in [-0.2, -0.15) is 0 Å². The first-order valence-corrected chi connectivity index (χ1v) is 9.44. The molecule has 1 fully saturated rings. The van der Waals surface area contributed by atoms with Crippen molar-refractivity contribution in [2.75, 3.05) is 49.1 Å². The lowest BCUT2D eigenvalue weighted by molar-refractivity contribution is -0.119. The number of nitrogens with zero attached hydrogens (tertiary/aromatic N) is 4.